The molecule has 3 N–H and O–H groups in total. The van der Waals surface area contributed by atoms with Gasteiger partial charge in [-0.3, -0.25) is 0 Å². The van der Waals surface area contributed by atoms with Crippen molar-refractivity contribution >= 4 is 11.6 Å². The first-order chi connectivity index (χ1) is 11.5. The van der Waals surface area contributed by atoms with Crippen molar-refractivity contribution in [2.45, 2.75) is 26.4 Å². The van der Waals surface area contributed by atoms with Crippen molar-refractivity contribution in [3.05, 3.63) is 53.8 Å². The largest absolute Gasteiger partial charge is 0.506 e. The molecule has 6 heteroatoms. The number of phenols is 1. The number of ether oxygens (including phenoxy) is 1. The van der Waals surface area contributed by atoms with Crippen LogP contribution in [0.25, 0.3) is 0 Å². The molecule has 5 nitrogen and oxygen atoms in total. The Balaban J connectivity index is 2.22. The molecule has 0 spiro atoms. The maximum Gasteiger partial charge on any atom is 0.196 e. The average molecular weight is 331 g/mol. The van der Waals surface area contributed by atoms with Crippen molar-refractivity contribution in [3.63, 3.8) is 0 Å². The molecule has 0 heterocycles. The second kappa shape index (κ2) is 8.19. The van der Waals surface area contributed by atoms with Gasteiger partial charge in [-0.25, -0.2) is 9.38 Å². The fourth-order valence-corrected chi connectivity index (χ4v) is 2.13. The number of guanidine groups is 1. The van der Waals surface area contributed by atoms with Crippen LogP contribution < -0.4 is 15.4 Å². The van der Waals surface area contributed by atoms with E-state index < -0.39 is 5.82 Å². The van der Waals surface area contributed by atoms with E-state index in [1.165, 1.54) is 18.2 Å². The Kier molecular flexibility index (Phi) is 6.01. The van der Waals surface area contributed by atoms with Gasteiger partial charge >= 0.3 is 0 Å². The van der Waals surface area contributed by atoms with Crippen LogP contribution in [0.1, 0.15) is 19.4 Å². The molecule has 0 aliphatic heterocycles. The maximum atomic E-state index is 13.4. The molecule has 2 rings (SSSR count). The number of nitrogens with zero attached hydrogens (tertiary/aromatic N) is 1. The van der Waals surface area contributed by atoms with Gasteiger partial charge in [0.25, 0.3) is 0 Å². The van der Waals surface area contributed by atoms with Crippen LogP contribution in [0.15, 0.2) is 47.5 Å². The zero-order valence-corrected chi connectivity index (χ0v) is 14.0. The molecule has 0 aliphatic rings. The molecule has 0 aliphatic carbocycles. The van der Waals surface area contributed by atoms with Gasteiger partial charge in [-0.15, -0.1) is 0 Å². The van der Waals surface area contributed by atoms with Gasteiger partial charge in [-0.2, -0.15) is 0 Å². The molecule has 0 unspecified atom stereocenters. The molecular weight excluding hydrogens is 309 g/mol. The van der Waals surface area contributed by atoms with Crippen molar-refractivity contribution < 1.29 is 14.2 Å². The first-order valence-electron chi connectivity index (χ1n) is 7.68. The SMILES string of the molecule is COc1ccccc1CN=C(Nc1cc(F)ccc1O)NC(C)C. The Morgan fingerprint density at radius 3 is 2.71 bits per heavy atom. The van der Waals surface area contributed by atoms with Crippen LogP contribution in [0.2, 0.25) is 0 Å². The molecule has 0 aromatic heterocycles. The van der Waals surface area contributed by atoms with E-state index >= 15 is 0 Å². The maximum absolute atomic E-state index is 13.4. The quantitative estimate of drug-likeness (QED) is 0.446. The number of halogens is 1. The minimum atomic E-state index is -0.441. The monoisotopic (exact) mass is 331 g/mol. The van der Waals surface area contributed by atoms with Crippen LogP contribution in [-0.4, -0.2) is 24.2 Å². The lowest BCUT2D eigenvalue weighted by atomic mass is 10.2. The van der Waals surface area contributed by atoms with Crippen molar-refractivity contribution in [2.24, 2.45) is 4.99 Å². The summed E-state index contributed by atoms with van der Waals surface area (Å²) in [7, 11) is 1.61. The van der Waals surface area contributed by atoms with Crippen molar-refractivity contribution in [2.75, 3.05) is 12.4 Å². The summed E-state index contributed by atoms with van der Waals surface area (Å²) in [4.78, 5) is 4.49. The zero-order chi connectivity index (χ0) is 17.5. The molecule has 0 bridgehead atoms. The summed E-state index contributed by atoms with van der Waals surface area (Å²) in [6.45, 7) is 4.31. The van der Waals surface area contributed by atoms with Crippen LogP contribution in [-0.2, 0) is 6.54 Å². The standard InChI is InChI=1S/C18H22FN3O2/c1-12(2)21-18(22-15-10-14(19)8-9-16(15)23)20-11-13-6-4-5-7-17(13)24-3/h4-10,12,23H,11H2,1-3H3,(H2,20,21,22). The molecule has 0 radical (unpaired) electrons. The van der Waals surface area contributed by atoms with Crippen molar-refractivity contribution in [1.82, 2.24) is 5.32 Å². The predicted molar refractivity (Wildman–Crippen MR) is 94.1 cm³/mol. The van der Waals surface area contributed by atoms with Crippen LogP contribution >= 0.6 is 0 Å². The van der Waals surface area contributed by atoms with E-state index in [9.17, 15) is 9.50 Å². The number of aliphatic imine (C=N–C) groups is 1. The van der Waals surface area contributed by atoms with Crippen LogP contribution in [0.5, 0.6) is 11.5 Å². The summed E-state index contributed by atoms with van der Waals surface area (Å²) < 4.78 is 18.7. The molecule has 0 amide bonds. The first kappa shape index (κ1) is 17.6. The molecule has 0 fully saturated rings. The summed E-state index contributed by atoms with van der Waals surface area (Å²) in [6, 6.07) is 11.4. The normalized spacial score (nSPS) is 11.5. The van der Waals surface area contributed by atoms with Crippen molar-refractivity contribution in [3.8, 4) is 11.5 Å². The number of para-hydroxylation sites is 1. The van der Waals surface area contributed by atoms with Gasteiger partial charge in [0.15, 0.2) is 5.96 Å². The highest BCUT2D eigenvalue weighted by molar-refractivity contribution is 5.95. The highest BCUT2D eigenvalue weighted by Gasteiger charge is 2.08. The van der Waals surface area contributed by atoms with E-state index in [2.05, 4.69) is 15.6 Å². The van der Waals surface area contributed by atoms with Gasteiger partial charge in [-0.05, 0) is 32.0 Å². The topological polar surface area (TPSA) is 65.9 Å². The third-order valence-electron chi connectivity index (χ3n) is 3.24. The Hall–Kier alpha value is -2.76. The summed E-state index contributed by atoms with van der Waals surface area (Å²) in [6.07, 6.45) is 0. The van der Waals surface area contributed by atoms with Gasteiger partial charge in [-0.1, -0.05) is 18.2 Å². The van der Waals surface area contributed by atoms with E-state index in [0.29, 0.717) is 12.5 Å². The fraction of sp³-hybridized carbons (Fsp3) is 0.278. The van der Waals surface area contributed by atoms with Gasteiger partial charge in [0.05, 0.1) is 19.3 Å². The van der Waals surface area contributed by atoms with Gasteiger partial charge < -0.3 is 20.5 Å². The number of benzene rings is 2. The molecule has 0 saturated heterocycles. The predicted octanol–water partition coefficient (Wildman–Crippen LogP) is 3.51. The molecule has 128 valence electrons. The number of rotatable bonds is 5. The van der Waals surface area contributed by atoms with Gasteiger partial charge in [0, 0.05) is 17.7 Å². The van der Waals surface area contributed by atoms with Crippen molar-refractivity contribution in [1.29, 1.82) is 0 Å². The number of hydrogen-bond acceptors (Lipinski definition) is 3. The number of anilines is 1. The van der Waals surface area contributed by atoms with Gasteiger partial charge in [0.1, 0.15) is 17.3 Å². The highest BCUT2D eigenvalue weighted by Crippen LogP contribution is 2.23. The second-order valence-corrected chi connectivity index (χ2v) is 5.56. The Morgan fingerprint density at radius 2 is 2.00 bits per heavy atom. The lowest BCUT2D eigenvalue weighted by Crippen LogP contribution is -2.36. The average Bonchev–Trinajstić information content (AvgIpc) is 2.55. The minimum absolute atomic E-state index is 0.0491. The number of nitrogens with one attached hydrogen (secondary N) is 2. The summed E-state index contributed by atoms with van der Waals surface area (Å²) in [5.41, 5.74) is 1.18. The number of phenolic OH excluding ortho intramolecular Hbond substituents is 1. The zero-order valence-electron chi connectivity index (χ0n) is 14.0. The van der Waals surface area contributed by atoms with E-state index in [1.807, 2.05) is 38.1 Å². The molecule has 2 aromatic rings. The Morgan fingerprint density at radius 1 is 1.25 bits per heavy atom. The summed E-state index contributed by atoms with van der Waals surface area (Å²) in [5.74, 6) is 0.700. The molecule has 24 heavy (non-hydrogen) atoms. The van der Waals surface area contributed by atoms with E-state index in [0.717, 1.165) is 11.3 Å². The Bertz CT molecular complexity index is 717. The summed E-state index contributed by atoms with van der Waals surface area (Å²) in [5, 5.41) is 15.9. The number of hydrogen-bond donors (Lipinski definition) is 3. The minimum Gasteiger partial charge on any atom is -0.506 e. The molecular formula is C18H22FN3O2. The van der Waals surface area contributed by atoms with E-state index in [1.54, 1.807) is 7.11 Å². The van der Waals surface area contributed by atoms with Crippen LogP contribution in [0.4, 0.5) is 10.1 Å². The number of aromatic hydroxyl groups is 1. The molecule has 0 saturated carbocycles. The lowest BCUT2D eigenvalue weighted by molar-refractivity contribution is 0.410. The third kappa shape index (κ3) is 4.87. The molecule has 2 aromatic carbocycles. The fourth-order valence-electron chi connectivity index (χ4n) is 2.13. The highest BCUT2D eigenvalue weighted by atomic mass is 19.1. The van der Waals surface area contributed by atoms with Gasteiger partial charge in [0.2, 0.25) is 0 Å². The van der Waals surface area contributed by atoms with Crippen LogP contribution in [0, 0.1) is 5.82 Å². The summed E-state index contributed by atoms with van der Waals surface area (Å²) >= 11 is 0. The van der Waals surface area contributed by atoms with Crippen LogP contribution in [0.3, 0.4) is 0 Å². The number of methoxy groups -OCH3 is 1. The van der Waals surface area contributed by atoms with E-state index in [-0.39, 0.29) is 17.5 Å². The lowest BCUT2D eigenvalue weighted by Gasteiger charge is -2.16. The smallest absolute Gasteiger partial charge is 0.196 e. The Labute approximate surface area is 141 Å². The molecule has 0 atom stereocenters. The third-order valence-corrected chi connectivity index (χ3v) is 3.24. The first-order valence-corrected chi connectivity index (χ1v) is 7.68. The van der Waals surface area contributed by atoms with E-state index in [4.69, 9.17) is 4.74 Å². The second-order valence-electron chi connectivity index (χ2n) is 5.56.